The van der Waals surface area contributed by atoms with Crippen LogP contribution in [0.1, 0.15) is 49.9 Å². The Morgan fingerprint density at radius 1 is 0.939 bits per heavy atom. The van der Waals surface area contributed by atoms with Crippen molar-refractivity contribution in [3.05, 3.63) is 58.4 Å². The number of carbonyl (C=O) groups excluding carboxylic acids is 3. The Kier molecular flexibility index (Phi) is 8.57. The number of hydrogen-bond donors (Lipinski definition) is 1. The van der Waals surface area contributed by atoms with Crippen LogP contribution in [0, 0.1) is 0 Å². The zero-order chi connectivity index (χ0) is 23.8. The smallest absolute Gasteiger partial charge is 0.311 e. The van der Waals surface area contributed by atoms with E-state index in [2.05, 4.69) is 10.3 Å². The number of hydrogen-bond acceptors (Lipinski definition) is 7. The number of esters is 2. The second-order valence-electron chi connectivity index (χ2n) is 7.11. The molecule has 0 atom stereocenters. The van der Waals surface area contributed by atoms with Crippen LogP contribution in [0.2, 0.25) is 5.02 Å². The SMILES string of the molecule is CCCC(=O)Oc1ccc(C(=O)Nc2nc(-c3ccc(Cl)cc3)cs2)cc1OC(=O)CCC. The Balaban J connectivity index is 1.78. The van der Waals surface area contributed by atoms with Crippen LogP contribution in [0.5, 0.6) is 11.5 Å². The van der Waals surface area contributed by atoms with Crippen molar-refractivity contribution in [1.29, 1.82) is 0 Å². The van der Waals surface area contributed by atoms with Crippen molar-refractivity contribution < 1.29 is 23.9 Å². The molecule has 2 aromatic carbocycles. The van der Waals surface area contributed by atoms with Crippen LogP contribution in [-0.2, 0) is 9.59 Å². The molecule has 172 valence electrons. The molecule has 3 aromatic rings. The number of carbonyl (C=O) groups is 3. The highest BCUT2D eigenvalue weighted by molar-refractivity contribution is 7.14. The minimum atomic E-state index is -0.477. The van der Waals surface area contributed by atoms with Crippen molar-refractivity contribution in [3.63, 3.8) is 0 Å². The van der Waals surface area contributed by atoms with E-state index in [1.54, 1.807) is 12.1 Å². The maximum Gasteiger partial charge on any atom is 0.311 e. The van der Waals surface area contributed by atoms with Gasteiger partial charge in [-0.2, -0.15) is 0 Å². The Labute approximate surface area is 200 Å². The quantitative estimate of drug-likeness (QED) is 0.289. The van der Waals surface area contributed by atoms with Crippen LogP contribution < -0.4 is 14.8 Å². The van der Waals surface area contributed by atoms with E-state index in [4.69, 9.17) is 21.1 Å². The van der Waals surface area contributed by atoms with Crippen LogP contribution in [0.3, 0.4) is 0 Å². The molecule has 1 N–H and O–H groups in total. The van der Waals surface area contributed by atoms with E-state index in [9.17, 15) is 14.4 Å². The van der Waals surface area contributed by atoms with Gasteiger partial charge in [-0.25, -0.2) is 4.98 Å². The van der Waals surface area contributed by atoms with E-state index in [1.165, 1.54) is 29.5 Å². The molecule has 0 saturated heterocycles. The lowest BCUT2D eigenvalue weighted by atomic mass is 10.2. The third-order valence-electron chi connectivity index (χ3n) is 4.43. The van der Waals surface area contributed by atoms with Crippen molar-refractivity contribution >= 4 is 45.9 Å². The predicted octanol–water partition coefficient (Wildman–Crippen LogP) is 6.13. The van der Waals surface area contributed by atoms with Gasteiger partial charge in [0.1, 0.15) is 0 Å². The van der Waals surface area contributed by atoms with Gasteiger partial charge in [-0.3, -0.25) is 19.7 Å². The molecule has 33 heavy (non-hydrogen) atoms. The number of benzene rings is 2. The van der Waals surface area contributed by atoms with Gasteiger partial charge >= 0.3 is 11.9 Å². The second kappa shape index (κ2) is 11.6. The number of amides is 1. The van der Waals surface area contributed by atoms with Crippen molar-refractivity contribution in [2.24, 2.45) is 0 Å². The topological polar surface area (TPSA) is 94.6 Å². The van der Waals surface area contributed by atoms with E-state index in [0.717, 1.165) is 5.56 Å². The van der Waals surface area contributed by atoms with Crippen LogP contribution in [-0.4, -0.2) is 22.8 Å². The Bertz CT molecular complexity index is 1140. The number of halogens is 1. The highest BCUT2D eigenvalue weighted by Gasteiger charge is 2.18. The van der Waals surface area contributed by atoms with Crippen molar-refractivity contribution in [3.8, 4) is 22.8 Å². The molecule has 0 unspecified atom stereocenters. The van der Waals surface area contributed by atoms with Crippen LogP contribution in [0.4, 0.5) is 5.13 Å². The van der Waals surface area contributed by atoms with E-state index in [1.807, 2.05) is 31.4 Å². The molecule has 3 rings (SSSR count). The summed E-state index contributed by atoms with van der Waals surface area (Å²) in [5.74, 6) is -1.25. The fourth-order valence-electron chi connectivity index (χ4n) is 2.82. The third kappa shape index (κ3) is 6.87. The first kappa shape index (κ1) is 24.4. The molecule has 1 heterocycles. The van der Waals surface area contributed by atoms with Gasteiger partial charge in [-0.05, 0) is 43.2 Å². The summed E-state index contributed by atoms with van der Waals surface area (Å²) in [5.41, 5.74) is 1.81. The number of anilines is 1. The summed E-state index contributed by atoms with van der Waals surface area (Å²) in [4.78, 5) is 41.2. The summed E-state index contributed by atoms with van der Waals surface area (Å²) >= 11 is 7.20. The van der Waals surface area contributed by atoms with Gasteiger partial charge in [0.15, 0.2) is 16.6 Å². The van der Waals surface area contributed by atoms with Gasteiger partial charge in [-0.15, -0.1) is 11.3 Å². The molecule has 7 nitrogen and oxygen atoms in total. The van der Waals surface area contributed by atoms with E-state index in [0.29, 0.717) is 28.7 Å². The van der Waals surface area contributed by atoms with Crippen molar-refractivity contribution in [2.75, 3.05) is 5.32 Å². The first-order valence-corrected chi connectivity index (χ1v) is 11.7. The minimum absolute atomic E-state index is 0.0199. The molecule has 0 spiro atoms. The van der Waals surface area contributed by atoms with Crippen molar-refractivity contribution in [1.82, 2.24) is 4.98 Å². The summed E-state index contributed by atoms with van der Waals surface area (Å²) < 4.78 is 10.7. The average molecular weight is 487 g/mol. The lowest BCUT2D eigenvalue weighted by Crippen LogP contribution is -2.15. The fourth-order valence-corrected chi connectivity index (χ4v) is 3.66. The van der Waals surface area contributed by atoms with E-state index < -0.39 is 17.8 Å². The van der Waals surface area contributed by atoms with Gasteiger partial charge in [0.05, 0.1) is 5.69 Å². The molecule has 0 aliphatic carbocycles. The number of nitrogens with one attached hydrogen (secondary N) is 1. The van der Waals surface area contributed by atoms with Gasteiger partial charge in [0.25, 0.3) is 5.91 Å². The normalized spacial score (nSPS) is 10.5. The van der Waals surface area contributed by atoms with Crippen LogP contribution in [0.25, 0.3) is 11.3 Å². The molecule has 0 fully saturated rings. The number of rotatable bonds is 9. The zero-order valence-corrected chi connectivity index (χ0v) is 19.8. The van der Waals surface area contributed by atoms with E-state index >= 15 is 0 Å². The Morgan fingerprint density at radius 2 is 1.58 bits per heavy atom. The monoisotopic (exact) mass is 486 g/mol. The van der Waals surface area contributed by atoms with Gasteiger partial charge in [0, 0.05) is 34.4 Å². The van der Waals surface area contributed by atoms with Crippen molar-refractivity contribution in [2.45, 2.75) is 39.5 Å². The molecule has 0 aliphatic rings. The zero-order valence-electron chi connectivity index (χ0n) is 18.2. The standard InChI is InChI=1S/C24H23ClN2O5S/c1-3-5-21(28)31-19-12-9-16(13-20(19)32-22(29)6-4-2)23(30)27-24-26-18(14-33-24)15-7-10-17(25)11-8-15/h7-14H,3-6H2,1-2H3,(H,26,27,30). The molecule has 0 aliphatic heterocycles. The first-order valence-electron chi connectivity index (χ1n) is 10.5. The molecule has 0 saturated carbocycles. The summed E-state index contributed by atoms with van der Waals surface area (Å²) in [6, 6.07) is 11.5. The third-order valence-corrected chi connectivity index (χ3v) is 5.44. The molecule has 9 heteroatoms. The average Bonchev–Trinajstić information content (AvgIpc) is 3.24. The fraction of sp³-hybridized carbons (Fsp3) is 0.250. The molecule has 1 amide bonds. The number of ether oxygens (including phenoxy) is 2. The highest BCUT2D eigenvalue weighted by Crippen LogP contribution is 2.31. The maximum atomic E-state index is 12.8. The summed E-state index contributed by atoms with van der Waals surface area (Å²) in [5, 5.41) is 5.60. The maximum absolute atomic E-state index is 12.8. The van der Waals surface area contributed by atoms with Crippen LogP contribution in [0.15, 0.2) is 47.8 Å². The minimum Gasteiger partial charge on any atom is -0.423 e. The molecular formula is C24H23ClN2O5S. The summed E-state index contributed by atoms with van der Waals surface area (Å²) in [6.45, 7) is 3.70. The van der Waals surface area contributed by atoms with E-state index in [-0.39, 0.29) is 29.9 Å². The Morgan fingerprint density at radius 3 is 2.21 bits per heavy atom. The highest BCUT2D eigenvalue weighted by atomic mass is 35.5. The molecule has 0 radical (unpaired) electrons. The lowest BCUT2D eigenvalue weighted by Gasteiger charge is -2.12. The number of aromatic nitrogens is 1. The van der Waals surface area contributed by atoms with Gasteiger partial charge in [0.2, 0.25) is 0 Å². The van der Waals surface area contributed by atoms with Gasteiger partial charge in [-0.1, -0.05) is 37.6 Å². The lowest BCUT2D eigenvalue weighted by molar-refractivity contribution is -0.137. The Hall–Kier alpha value is -3.23. The number of nitrogens with zero attached hydrogens (tertiary/aromatic N) is 1. The predicted molar refractivity (Wildman–Crippen MR) is 128 cm³/mol. The molecular weight excluding hydrogens is 464 g/mol. The first-order chi connectivity index (χ1) is 15.9. The largest absolute Gasteiger partial charge is 0.423 e. The summed E-state index contributed by atoms with van der Waals surface area (Å²) in [7, 11) is 0. The molecule has 1 aromatic heterocycles. The second-order valence-corrected chi connectivity index (χ2v) is 8.40. The molecule has 0 bridgehead atoms. The summed E-state index contributed by atoms with van der Waals surface area (Å²) in [6.07, 6.45) is 1.65. The van der Waals surface area contributed by atoms with Crippen LogP contribution >= 0.6 is 22.9 Å². The number of thiazole rings is 1. The van der Waals surface area contributed by atoms with Gasteiger partial charge < -0.3 is 9.47 Å².